The number of aryl methyl sites for hydroxylation is 3. The van der Waals surface area contributed by atoms with Crippen LogP contribution in [0.5, 0.6) is 0 Å². The van der Waals surface area contributed by atoms with E-state index in [0.717, 1.165) is 35.2 Å². The second kappa shape index (κ2) is 10.9. The number of benzene rings is 2. The highest BCUT2D eigenvalue weighted by Gasteiger charge is 2.19. The summed E-state index contributed by atoms with van der Waals surface area (Å²) in [5, 5.41) is 3.82. The van der Waals surface area contributed by atoms with E-state index in [2.05, 4.69) is 57.3 Å². The smallest absolute Gasteiger partial charge is 0.320 e. The molecule has 3 nitrogen and oxygen atoms in total. The Morgan fingerprint density at radius 1 is 1.03 bits per heavy atom. The fraction of sp³-hybridized carbons (Fsp3) is 0.500. The number of nitrogens with zero attached hydrogens (tertiary/aromatic N) is 1. The summed E-state index contributed by atoms with van der Waals surface area (Å²) in [6, 6.07) is 12.4. The van der Waals surface area contributed by atoms with Crippen LogP contribution in [0.2, 0.25) is 5.02 Å². The first-order valence-corrected chi connectivity index (χ1v) is 11.4. The second-order valence-electron chi connectivity index (χ2n) is 9.50. The van der Waals surface area contributed by atoms with Gasteiger partial charge >= 0.3 is 6.03 Å². The molecule has 4 heteroatoms. The van der Waals surface area contributed by atoms with E-state index >= 15 is 0 Å². The van der Waals surface area contributed by atoms with Crippen LogP contribution in [0.4, 0.5) is 10.5 Å². The summed E-state index contributed by atoms with van der Waals surface area (Å²) in [6.07, 6.45) is 4.46. The average Bonchev–Trinajstić information content (AvgIpc) is 2.66. The Morgan fingerprint density at radius 3 is 2.13 bits per heavy atom. The molecule has 0 saturated carbocycles. The lowest BCUT2D eigenvalue weighted by Gasteiger charge is -2.28. The van der Waals surface area contributed by atoms with Crippen molar-refractivity contribution >= 4 is 23.3 Å². The Labute approximate surface area is 187 Å². The number of carbonyl (C=O) groups is 1. The Balaban J connectivity index is 2.17. The molecular formula is C26H37ClN2O. The van der Waals surface area contributed by atoms with Crippen molar-refractivity contribution in [3.05, 3.63) is 63.7 Å². The molecule has 0 heterocycles. The summed E-state index contributed by atoms with van der Waals surface area (Å²) in [6.45, 7) is 14.1. The molecule has 0 spiro atoms. The minimum absolute atomic E-state index is 0.0668. The summed E-state index contributed by atoms with van der Waals surface area (Å²) in [7, 11) is 0. The predicted octanol–water partition coefficient (Wildman–Crippen LogP) is 7.77. The highest BCUT2D eigenvalue weighted by atomic mass is 35.5. The summed E-state index contributed by atoms with van der Waals surface area (Å²) >= 11 is 6.15. The Bertz CT molecular complexity index is 814. The first-order chi connectivity index (χ1) is 14.1. The third kappa shape index (κ3) is 7.68. The van der Waals surface area contributed by atoms with Gasteiger partial charge in [-0.2, -0.15) is 0 Å². The van der Waals surface area contributed by atoms with Crippen LogP contribution in [0.25, 0.3) is 0 Å². The fourth-order valence-corrected chi connectivity index (χ4v) is 3.76. The van der Waals surface area contributed by atoms with E-state index in [1.54, 1.807) is 0 Å². The molecule has 0 radical (unpaired) electrons. The van der Waals surface area contributed by atoms with Crippen molar-refractivity contribution in [1.82, 2.24) is 4.90 Å². The number of anilines is 1. The van der Waals surface area contributed by atoms with Gasteiger partial charge in [0.25, 0.3) is 0 Å². The zero-order chi connectivity index (χ0) is 22.3. The minimum Gasteiger partial charge on any atom is -0.320 e. The minimum atomic E-state index is -0.0668. The molecule has 0 saturated heterocycles. The molecule has 0 aliphatic rings. The number of hydrogen-bond acceptors (Lipinski definition) is 1. The molecule has 0 bridgehead atoms. The van der Waals surface area contributed by atoms with Gasteiger partial charge in [-0.3, -0.25) is 0 Å². The molecule has 30 heavy (non-hydrogen) atoms. The van der Waals surface area contributed by atoms with Crippen LogP contribution in [0.3, 0.4) is 0 Å². The molecule has 1 N–H and O–H groups in total. The quantitative estimate of drug-likeness (QED) is 0.457. The third-order valence-corrected chi connectivity index (χ3v) is 5.58. The van der Waals surface area contributed by atoms with Crippen molar-refractivity contribution in [3.63, 3.8) is 0 Å². The zero-order valence-electron chi connectivity index (χ0n) is 19.4. The number of nitrogens with one attached hydrogen (secondary N) is 1. The van der Waals surface area contributed by atoms with Crippen LogP contribution in [0, 0.1) is 19.3 Å². The standard InChI is InChI=1S/C26H37ClN2O/c1-7-8-9-21-10-12-22(13-11-21)18-29(15-14-26(4,5)6)25(30)28-24-19(2)16-23(27)17-20(24)3/h10-13,16-17H,7-9,14-15,18H2,1-6H3,(H,28,30). The maximum atomic E-state index is 13.2. The highest BCUT2D eigenvalue weighted by molar-refractivity contribution is 6.30. The lowest BCUT2D eigenvalue weighted by atomic mass is 9.92. The number of urea groups is 1. The summed E-state index contributed by atoms with van der Waals surface area (Å²) < 4.78 is 0. The first kappa shape index (κ1) is 24.3. The highest BCUT2D eigenvalue weighted by Crippen LogP contribution is 2.26. The molecule has 0 atom stereocenters. The topological polar surface area (TPSA) is 32.3 Å². The maximum Gasteiger partial charge on any atom is 0.322 e. The van der Waals surface area contributed by atoms with E-state index in [9.17, 15) is 4.79 Å². The van der Waals surface area contributed by atoms with Crippen molar-refractivity contribution in [3.8, 4) is 0 Å². The van der Waals surface area contributed by atoms with Crippen LogP contribution >= 0.6 is 11.6 Å². The van der Waals surface area contributed by atoms with Gasteiger partial charge in [0.2, 0.25) is 0 Å². The molecule has 2 aromatic carbocycles. The van der Waals surface area contributed by atoms with E-state index in [1.807, 2.05) is 30.9 Å². The van der Waals surface area contributed by atoms with Crippen molar-refractivity contribution in [2.24, 2.45) is 5.41 Å². The SMILES string of the molecule is CCCCc1ccc(CN(CCC(C)(C)C)C(=O)Nc2c(C)cc(Cl)cc2C)cc1. The molecule has 2 aromatic rings. The summed E-state index contributed by atoms with van der Waals surface area (Å²) in [5.74, 6) is 0. The molecule has 2 rings (SSSR count). The van der Waals surface area contributed by atoms with Gasteiger partial charge in [0.15, 0.2) is 0 Å². The molecule has 0 aliphatic carbocycles. The van der Waals surface area contributed by atoms with Gasteiger partial charge in [0, 0.05) is 23.8 Å². The largest absolute Gasteiger partial charge is 0.322 e. The molecule has 164 valence electrons. The number of halogens is 1. The van der Waals surface area contributed by atoms with E-state index in [4.69, 9.17) is 11.6 Å². The van der Waals surface area contributed by atoms with Gasteiger partial charge in [-0.1, -0.05) is 70.0 Å². The Kier molecular flexibility index (Phi) is 8.78. The summed E-state index contributed by atoms with van der Waals surface area (Å²) in [4.78, 5) is 15.1. The van der Waals surface area contributed by atoms with Crippen LogP contribution in [0.15, 0.2) is 36.4 Å². The van der Waals surface area contributed by atoms with Crippen molar-refractivity contribution in [2.45, 2.75) is 73.8 Å². The van der Waals surface area contributed by atoms with Crippen molar-refractivity contribution in [2.75, 3.05) is 11.9 Å². The normalized spacial score (nSPS) is 11.4. The average molecular weight is 429 g/mol. The van der Waals surface area contributed by atoms with Gasteiger partial charge in [0.05, 0.1) is 0 Å². The number of carbonyl (C=O) groups excluding carboxylic acids is 1. The predicted molar refractivity (Wildman–Crippen MR) is 129 cm³/mol. The first-order valence-electron chi connectivity index (χ1n) is 11.0. The number of rotatable bonds is 8. The molecule has 0 unspecified atom stereocenters. The van der Waals surface area contributed by atoms with Crippen LogP contribution in [0.1, 0.15) is 69.2 Å². The van der Waals surface area contributed by atoms with E-state index < -0.39 is 0 Å². The number of unbranched alkanes of at least 4 members (excludes halogenated alkanes) is 1. The summed E-state index contributed by atoms with van der Waals surface area (Å²) in [5.41, 5.74) is 5.48. The molecule has 0 fully saturated rings. The van der Waals surface area contributed by atoms with Crippen molar-refractivity contribution in [1.29, 1.82) is 0 Å². The van der Waals surface area contributed by atoms with Crippen LogP contribution < -0.4 is 5.32 Å². The monoisotopic (exact) mass is 428 g/mol. The fourth-order valence-electron chi connectivity index (χ4n) is 3.43. The van der Waals surface area contributed by atoms with Crippen LogP contribution in [-0.2, 0) is 13.0 Å². The lowest BCUT2D eigenvalue weighted by molar-refractivity contribution is 0.198. The second-order valence-corrected chi connectivity index (χ2v) is 9.93. The van der Waals surface area contributed by atoms with E-state index in [0.29, 0.717) is 18.1 Å². The lowest BCUT2D eigenvalue weighted by Crippen LogP contribution is -2.37. The van der Waals surface area contributed by atoms with Gasteiger partial charge in [0.1, 0.15) is 0 Å². The molecule has 2 amide bonds. The van der Waals surface area contributed by atoms with Gasteiger partial charge in [-0.15, -0.1) is 0 Å². The molecular weight excluding hydrogens is 392 g/mol. The van der Waals surface area contributed by atoms with Crippen molar-refractivity contribution < 1.29 is 4.79 Å². The van der Waals surface area contributed by atoms with Gasteiger partial charge < -0.3 is 10.2 Å². The third-order valence-electron chi connectivity index (χ3n) is 5.36. The Morgan fingerprint density at radius 2 is 1.60 bits per heavy atom. The van der Waals surface area contributed by atoms with E-state index in [-0.39, 0.29) is 11.4 Å². The molecule has 0 aromatic heterocycles. The van der Waals surface area contributed by atoms with E-state index in [1.165, 1.54) is 18.4 Å². The zero-order valence-corrected chi connectivity index (χ0v) is 20.2. The number of hydrogen-bond donors (Lipinski definition) is 1. The van der Waals surface area contributed by atoms with Gasteiger partial charge in [-0.05, 0) is 72.9 Å². The van der Waals surface area contributed by atoms with Gasteiger partial charge in [-0.25, -0.2) is 4.79 Å². The maximum absolute atomic E-state index is 13.2. The Hall–Kier alpha value is -2.00. The number of amides is 2. The molecule has 0 aliphatic heterocycles. The van der Waals surface area contributed by atoms with Crippen LogP contribution in [-0.4, -0.2) is 17.5 Å².